The summed E-state index contributed by atoms with van der Waals surface area (Å²) in [5.74, 6) is 0.971. The molecular formula is C16H20ClN3O2S. The van der Waals surface area contributed by atoms with Gasteiger partial charge in [0.05, 0.1) is 12.1 Å². The molecule has 1 heterocycles. The number of hydrogen-bond donors (Lipinski definition) is 2. The molecule has 1 aromatic carbocycles. The highest BCUT2D eigenvalue weighted by atomic mass is 35.5. The molecule has 7 heteroatoms. The van der Waals surface area contributed by atoms with Crippen molar-refractivity contribution in [3.8, 4) is 5.75 Å². The van der Waals surface area contributed by atoms with E-state index in [1.807, 2.05) is 24.4 Å². The van der Waals surface area contributed by atoms with Crippen LogP contribution in [0.3, 0.4) is 0 Å². The SMILES string of the molecule is CC(CN)CNC(=O)Cc1csc(COc2ccc(Cl)cc2)n1. The van der Waals surface area contributed by atoms with Crippen molar-refractivity contribution >= 4 is 28.8 Å². The fourth-order valence-corrected chi connectivity index (χ4v) is 2.60. The molecule has 2 aromatic rings. The maximum atomic E-state index is 11.8. The van der Waals surface area contributed by atoms with Crippen molar-refractivity contribution in [2.75, 3.05) is 13.1 Å². The summed E-state index contributed by atoms with van der Waals surface area (Å²) in [6.07, 6.45) is 0.273. The van der Waals surface area contributed by atoms with Gasteiger partial charge in [0, 0.05) is 16.9 Å². The van der Waals surface area contributed by atoms with Crippen LogP contribution in [0.2, 0.25) is 5.02 Å². The molecule has 0 aliphatic rings. The average molecular weight is 354 g/mol. The fourth-order valence-electron chi connectivity index (χ4n) is 1.77. The number of carbonyl (C=O) groups is 1. The van der Waals surface area contributed by atoms with Crippen LogP contribution in [-0.2, 0) is 17.8 Å². The van der Waals surface area contributed by atoms with Crippen molar-refractivity contribution in [1.82, 2.24) is 10.3 Å². The van der Waals surface area contributed by atoms with E-state index in [0.717, 1.165) is 16.5 Å². The van der Waals surface area contributed by atoms with Gasteiger partial charge in [-0.25, -0.2) is 4.98 Å². The molecular weight excluding hydrogens is 334 g/mol. The molecule has 0 aliphatic carbocycles. The summed E-state index contributed by atoms with van der Waals surface area (Å²) in [4.78, 5) is 16.2. The van der Waals surface area contributed by atoms with Crippen molar-refractivity contribution in [3.63, 3.8) is 0 Å². The second kappa shape index (κ2) is 8.86. The normalized spacial score (nSPS) is 12.0. The number of thiazole rings is 1. The van der Waals surface area contributed by atoms with Crippen LogP contribution < -0.4 is 15.8 Å². The van der Waals surface area contributed by atoms with Gasteiger partial charge in [0.25, 0.3) is 0 Å². The van der Waals surface area contributed by atoms with Crippen LogP contribution in [0.15, 0.2) is 29.6 Å². The van der Waals surface area contributed by atoms with Gasteiger partial charge < -0.3 is 15.8 Å². The summed E-state index contributed by atoms with van der Waals surface area (Å²) in [7, 11) is 0. The van der Waals surface area contributed by atoms with Gasteiger partial charge in [-0.3, -0.25) is 4.79 Å². The molecule has 1 unspecified atom stereocenters. The molecule has 3 N–H and O–H groups in total. The Balaban J connectivity index is 1.78. The summed E-state index contributed by atoms with van der Waals surface area (Å²) < 4.78 is 5.63. The Labute approximate surface area is 144 Å². The van der Waals surface area contributed by atoms with Gasteiger partial charge in [-0.15, -0.1) is 11.3 Å². The van der Waals surface area contributed by atoms with Gasteiger partial charge in [-0.2, -0.15) is 0 Å². The number of rotatable bonds is 8. The first-order valence-electron chi connectivity index (χ1n) is 7.35. The van der Waals surface area contributed by atoms with Crippen molar-refractivity contribution in [3.05, 3.63) is 45.4 Å². The molecule has 1 aromatic heterocycles. The summed E-state index contributed by atoms with van der Waals surface area (Å²) in [5, 5.41) is 6.24. The molecule has 0 aliphatic heterocycles. The topological polar surface area (TPSA) is 77.2 Å². The lowest BCUT2D eigenvalue weighted by Gasteiger charge is -2.09. The summed E-state index contributed by atoms with van der Waals surface area (Å²) in [5.41, 5.74) is 6.27. The quantitative estimate of drug-likeness (QED) is 0.764. The first-order valence-corrected chi connectivity index (χ1v) is 8.61. The molecule has 0 radical (unpaired) electrons. The lowest BCUT2D eigenvalue weighted by atomic mass is 10.2. The zero-order valence-corrected chi connectivity index (χ0v) is 14.5. The summed E-state index contributed by atoms with van der Waals surface area (Å²) in [6, 6.07) is 7.17. The smallest absolute Gasteiger partial charge is 0.226 e. The van der Waals surface area contributed by atoms with E-state index in [1.54, 1.807) is 12.1 Å². The van der Waals surface area contributed by atoms with E-state index in [2.05, 4.69) is 10.3 Å². The van der Waals surface area contributed by atoms with Gasteiger partial charge in [0.1, 0.15) is 17.4 Å². The molecule has 5 nitrogen and oxygen atoms in total. The monoisotopic (exact) mass is 353 g/mol. The van der Waals surface area contributed by atoms with Gasteiger partial charge in [-0.1, -0.05) is 18.5 Å². The van der Waals surface area contributed by atoms with E-state index in [1.165, 1.54) is 11.3 Å². The van der Waals surface area contributed by atoms with Crippen molar-refractivity contribution in [2.45, 2.75) is 20.0 Å². The largest absolute Gasteiger partial charge is 0.486 e. The van der Waals surface area contributed by atoms with Crippen LogP contribution in [0, 0.1) is 5.92 Å². The number of halogens is 1. The standard InChI is InChI=1S/C16H20ClN3O2S/c1-11(7-18)8-19-15(21)6-13-10-23-16(20-13)9-22-14-4-2-12(17)3-5-14/h2-5,10-11H,6-9,18H2,1H3,(H,19,21). The van der Waals surface area contributed by atoms with Crippen molar-refractivity contribution in [2.24, 2.45) is 11.7 Å². The van der Waals surface area contributed by atoms with Gasteiger partial charge in [0.2, 0.25) is 5.91 Å². The third-order valence-electron chi connectivity index (χ3n) is 3.17. The molecule has 1 amide bonds. The molecule has 124 valence electrons. The Kier molecular flexibility index (Phi) is 6.83. The van der Waals surface area contributed by atoms with E-state index >= 15 is 0 Å². The number of nitrogens with one attached hydrogen (secondary N) is 1. The number of hydrogen-bond acceptors (Lipinski definition) is 5. The van der Waals surface area contributed by atoms with E-state index in [4.69, 9.17) is 22.1 Å². The van der Waals surface area contributed by atoms with Crippen LogP contribution in [0.4, 0.5) is 0 Å². The average Bonchev–Trinajstić information content (AvgIpc) is 2.99. The van der Waals surface area contributed by atoms with Crippen LogP contribution in [-0.4, -0.2) is 24.0 Å². The van der Waals surface area contributed by atoms with Crippen LogP contribution in [0.25, 0.3) is 0 Å². The first-order chi connectivity index (χ1) is 11.1. The molecule has 2 rings (SSSR count). The van der Waals surface area contributed by atoms with E-state index < -0.39 is 0 Å². The Hall–Kier alpha value is -1.63. The zero-order chi connectivity index (χ0) is 16.7. The van der Waals surface area contributed by atoms with Crippen LogP contribution in [0.5, 0.6) is 5.75 Å². The highest BCUT2D eigenvalue weighted by molar-refractivity contribution is 7.09. The molecule has 0 saturated carbocycles. The second-order valence-corrected chi connectivity index (χ2v) is 6.68. The maximum Gasteiger partial charge on any atom is 0.226 e. The first kappa shape index (κ1) is 17.7. The maximum absolute atomic E-state index is 11.8. The third-order valence-corrected chi connectivity index (χ3v) is 4.29. The minimum Gasteiger partial charge on any atom is -0.486 e. The van der Waals surface area contributed by atoms with E-state index in [0.29, 0.717) is 24.7 Å². The van der Waals surface area contributed by atoms with Crippen molar-refractivity contribution < 1.29 is 9.53 Å². The minimum atomic E-state index is -0.0410. The number of nitrogens with two attached hydrogens (primary N) is 1. The number of carbonyl (C=O) groups excluding carboxylic acids is 1. The Morgan fingerprint density at radius 1 is 1.43 bits per heavy atom. The number of amides is 1. The second-order valence-electron chi connectivity index (χ2n) is 5.30. The zero-order valence-electron chi connectivity index (χ0n) is 12.9. The summed E-state index contributed by atoms with van der Waals surface area (Å²) >= 11 is 7.31. The highest BCUT2D eigenvalue weighted by Crippen LogP contribution is 2.18. The molecule has 0 bridgehead atoms. The lowest BCUT2D eigenvalue weighted by molar-refractivity contribution is -0.120. The predicted molar refractivity (Wildman–Crippen MR) is 92.8 cm³/mol. The Morgan fingerprint density at radius 3 is 2.87 bits per heavy atom. The van der Waals surface area contributed by atoms with Crippen LogP contribution in [0.1, 0.15) is 17.6 Å². The number of aromatic nitrogens is 1. The lowest BCUT2D eigenvalue weighted by Crippen LogP contribution is -2.32. The molecule has 0 saturated heterocycles. The van der Waals surface area contributed by atoms with E-state index in [-0.39, 0.29) is 18.2 Å². The number of nitrogens with zero attached hydrogens (tertiary/aromatic N) is 1. The Morgan fingerprint density at radius 2 is 2.17 bits per heavy atom. The van der Waals surface area contributed by atoms with Gasteiger partial charge in [0.15, 0.2) is 0 Å². The third kappa shape index (κ3) is 6.17. The fraction of sp³-hybridized carbons (Fsp3) is 0.375. The minimum absolute atomic E-state index is 0.0410. The van der Waals surface area contributed by atoms with Crippen LogP contribution >= 0.6 is 22.9 Å². The molecule has 0 spiro atoms. The molecule has 1 atom stereocenters. The molecule has 0 fully saturated rings. The van der Waals surface area contributed by atoms with Gasteiger partial charge >= 0.3 is 0 Å². The predicted octanol–water partition coefficient (Wildman–Crippen LogP) is 2.63. The van der Waals surface area contributed by atoms with Gasteiger partial charge in [-0.05, 0) is 36.7 Å². The molecule has 23 heavy (non-hydrogen) atoms. The number of ether oxygens (including phenoxy) is 1. The summed E-state index contributed by atoms with van der Waals surface area (Å²) in [6.45, 7) is 3.52. The highest BCUT2D eigenvalue weighted by Gasteiger charge is 2.09. The Bertz CT molecular complexity index is 631. The van der Waals surface area contributed by atoms with Crippen molar-refractivity contribution in [1.29, 1.82) is 0 Å². The van der Waals surface area contributed by atoms with E-state index in [9.17, 15) is 4.79 Å². The number of benzene rings is 1.